The van der Waals surface area contributed by atoms with Crippen molar-refractivity contribution >= 4 is 5.97 Å². The number of carboxylic acids is 1. The van der Waals surface area contributed by atoms with Gasteiger partial charge in [-0.3, -0.25) is 4.79 Å². The number of carbonyl (C=O) groups is 1. The molecule has 1 heterocycles. The van der Waals surface area contributed by atoms with Gasteiger partial charge in [0.15, 0.2) is 5.82 Å². The van der Waals surface area contributed by atoms with Gasteiger partial charge in [-0.25, -0.2) is 0 Å². The summed E-state index contributed by atoms with van der Waals surface area (Å²) in [5.41, 5.74) is 4.58. The van der Waals surface area contributed by atoms with Crippen molar-refractivity contribution in [3.63, 3.8) is 0 Å². The standard InChI is InChI=1S/C9H17N5O2/c1-6(2)9(5-10,8(15)16)4-7-11-13-14(3)12-7/h6H,4-5,10H2,1-3H3,(H,15,16). The van der Waals surface area contributed by atoms with Gasteiger partial charge in [-0.1, -0.05) is 13.8 Å². The Labute approximate surface area is 93.6 Å². The van der Waals surface area contributed by atoms with E-state index >= 15 is 0 Å². The zero-order chi connectivity index (χ0) is 12.3. The average Bonchev–Trinajstić information content (AvgIpc) is 2.59. The molecule has 1 rings (SSSR count). The zero-order valence-corrected chi connectivity index (χ0v) is 9.71. The van der Waals surface area contributed by atoms with Gasteiger partial charge in [0, 0.05) is 13.0 Å². The first-order valence-electron chi connectivity index (χ1n) is 5.08. The van der Waals surface area contributed by atoms with Gasteiger partial charge in [0.2, 0.25) is 0 Å². The fourth-order valence-corrected chi connectivity index (χ4v) is 1.60. The number of aryl methyl sites for hydroxylation is 1. The van der Waals surface area contributed by atoms with Crippen molar-refractivity contribution in [3.8, 4) is 0 Å². The first-order valence-corrected chi connectivity index (χ1v) is 5.08. The molecular weight excluding hydrogens is 210 g/mol. The van der Waals surface area contributed by atoms with Crippen molar-refractivity contribution in [2.24, 2.45) is 24.1 Å². The molecule has 0 bridgehead atoms. The minimum Gasteiger partial charge on any atom is -0.481 e. The van der Waals surface area contributed by atoms with Crippen LogP contribution in [0.5, 0.6) is 0 Å². The minimum absolute atomic E-state index is 0.0538. The number of tetrazole rings is 1. The summed E-state index contributed by atoms with van der Waals surface area (Å²) in [7, 11) is 1.64. The maximum Gasteiger partial charge on any atom is 0.311 e. The quantitative estimate of drug-likeness (QED) is 0.698. The summed E-state index contributed by atoms with van der Waals surface area (Å²) in [6.45, 7) is 3.72. The van der Waals surface area contributed by atoms with E-state index in [2.05, 4.69) is 15.4 Å². The summed E-state index contributed by atoms with van der Waals surface area (Å²) in [6, 6.07) is 0. The SMILES string of the molecule is CC(C)C(CN)(Cc1nnn(C)n1)C(=O)O. The maximum atomic E-state index is 11.3. The number of nitrogens with zero attached hydrogens (tertiary/aromatic N) is 4. The molecule has 1 unspecified atom stereocenters. The second-order valence-electron chi connectivity index (χ2n) is 4.19. The van der Waals surface area contributed by atoms with Crippen LogP contribution in [-0.4, -0.2) is 37.8 Å². The molecule has 0 aliphatic carbocycles. The van der Waals surface area contributed by atoms with E-state index in [1.165, 1.54) is 4.80 Å². The van der Waals surface area contributed by atoms with Crippen LogP contribution in [0.4, 0.5) is 0 Å². The van der Waals surface area contributed by atoms with Crippen LogP contribution < -0.4 is 5.73 Å². The van der Waals surface area contributed by atoms with Crippen molar-refractivity contribution < 1.29 is 9.90 Å². The Hall–Kier alpha value is -1.50. The van der Waals surface area contributed by atoms with Crippen LogP contribution >= 0.6 is 0 Å². The molecule has 0 aliphatic heterocycles. The number of rotatable bonds is 5. The van der Waals surface area contributed by atoms with Crippen LogP contribution in [0.25, 0.3) is 0 Å². The van der Waals surface area contributed by atoms with Gasteiger partial charge >= 0.3 is 5.97 Å². The minimum atomic E-state index is -1.02. The molecule has 0 saturated carbocycles. The monoisotopic (exact) mass is 227 g/mol. The average molecular weight is 227 g/mol. The van der Waals surface area contributed by atoms with E-state index in [1.807, 2.05) is 13.8 Å². The molecule has 0 fully saturated rings. The first kappa shape index (κ1) is 12.6. The summed E-state index contributed by atoms with van der Waals surface area (Å²) in [5.74, 6) is -0.611. The fourth-order valence-electron chi connectivity index (χ4n) is 1.60. The van der Waals surface area contributed by atoms with Crippen LogP contribution in [0.1, 0.15) is 19.7 Å². The van der Waals surface area contributed by atoms with Crippen LogP contribution in [-0.2, 0) is 18.3 Å². The van der Waals surface area contributed by atoms with E-state index in [0.29, 0.717) is 5.82 Å². The van der Waals surface area contributed by atoms with Gasteiger partial charge in [0.05, 0.1) is 12.5 Å². The Morgan fingerprint density at radius 3 is 2.56 bits per heavy atom. The molecular formula is C9H17N5O2. The molecule has 1 atom stereocenters. The number of aromatic nitrogens is 4. The number of nitrogens with two attached hydrogens (primary N) is 1. The predicted molar refractivity (Wildman–Crippen MR) is 56.5 cm³/mol. The number of hydrogen-bond acceptors (Lipinski definition) is 5. The molecule has 16 heavy (non-hydrogen) atoms. The lowest BCUT2D eigenvalue weighted by molar-refractivity contribution is -0.151. The van der Waals surface area contributed by atoms with Crippen LogP contribution in [0, 0.1) is 11.3 Å². The summed E-state index contributed by atoms with van der Waals surface area (Å²) in [6.07, 6.45) is 0.199. The maximum absolute atomic E-state index is 11.3. The molecule has 3 N–H and O–H groups in total. The van der Waals surface area contributed by atoms with Gasteiger partial charge in [-0.15, -0.1) is 10.2 Å². The van der Waals surface area contributed by atoms with E-state index in [1.54, 1.807) is 7.05 Å². The van der Waals surface area contributed by atoms with E-state index in [-0.39, 0.29) is 18.9 Å². The molecule has 0 spiro atoms. The lowest BCUT2D eigenvalue weighted by Crippen LogP contribution is -2.45. The summed E-state index contributed by atoms with van der Waals surface area (Å²) in [5, 5.41) is 20.8. The molecule has 90 valence electrons. The number of carboxylic acid groups (broad SMARTS) is 1. The molecule has 1 aromatic rings. The number of hydrogen-bond donors (Lipinski definition) is 2. The molecule has 0 saturated heterocycles. The Balaban J connectivity index is 2.99. The second-order valence-corrected chi connectivity index (χ2v) is 4.19. The van der Waals surface area contributed by atoms with Gasteiger partial charge in [0.25, 0.3) is 0 Å². The zero-order valence-electron chi connectivity index (χ0n) is 9.71. The lowest BCUT2D eigenvalue weighted by atomic mass is 9.74. The van der Waals surface area contributed by atoms with E-state index < -0.39 is 11.4 Å². The first-order chi connectivity index (χ1) is 7.42. The van der Waals surface area contributed by atoms with Crippen molar-refractivity contribution in [3.05, 3.63) is 5.82 Å². The highest BCUT2D eigenvalue weighted by Crippen LogP contribution is 2.30. The third-order valence-corrected chi connectivity index (χ3v) is 2.92. The molecule has 7 nitrogen and oxygen atoms in total. The third kappa shape index (κ3) is 2.19. The predicted octanol–water partition coefficient (Wildman–Crippen LogP) is -0.562. The van der Waals surface area contributed by atoms with Crippen molar-refractivity contribution in [1.82, 2.24) is 20.2 Å². The Kier molecular flexibility index (Phi) is 3.58. The summed E-state index contributed by atoms with van der Waals surface area (Å²) >= 11 is 0. The molecule has 0 aliphatic rings. The van der Waals surface area contributed by atoms with E-state index in [0.717, 1.165) is 0 Å². The van der Waals surface area contributed by atoms with Crippen LogP contribution in [0.2, 0.25) is 0 Å². The van der Waals surface area contributed by atoms with Crippen molar-refractivity contribution in [2.75, 3.05) is 6.54 Å². The topological polar surface area (TPSA) is 107 Å². The Morgan fingerprint density at radius 1 is 1.62 bits per heavy atom. The third-order valence-electron chi connectivity index (χ3n) is 2.92. The molecule has 1 aromatic heterocycles. The molecule has 7 heteroatoms. The summed E-state index contributed by atoms with van der Waals surface area (Å²) < 4.78 is 0. The van der Waals surface area contributed by atoms with Crippen molar-refractivity contribution in [2.45, 2.75) is 20.3 Å². The fraction of sp³-hybridized carbons (Fsp3) is 0.778. The Morgan fingerprint density at radius 2 is 2.25 bits per heavy atom. The lowest BCUT2D eigenvalue weighted by Gasteiger charge is -2.30. The highest BCUT2D eigenvalue weighted by Gasteiger charge is 2.41. The highest BCUT2D eigenvalue weighted by atomic mass is 16.4. The van der Waals surface area contributed by atoms with E-state index in [9.17, 15) is 9.90 Å². The summed E-state index contributed by atoms with van der Waals surface area (Å²) in [4.78, 5) is 12.6. The van der Waals surface area contributed by atoms with Crippen LogP contribution in [0.3, 0.4) is 0 Å². The molecule has 0 aromatic carbocycles. The molecule has 0 radical (unpaired) electrons. The molecule has 0 amide bonds. The Bertz CT molecular complexity index is 376. The normalized spacial score (nSPS) is 15.1. The van der Waals surface area contributed by atoms with Crippen LogP contribution in [0.15, 0.2) is 0 Å². The van der Waals surface area contributed by atoms with Gasteiger partial charge < -0.3 is 10.8 Å². The largest absolute Gasteiger partial charge is 0.481 e. The smallest absolute Gasteiger partial charge is 0.311 e. The van der Waals surface area contributed by atoms with Crippen molar-refractivity contribution in [1.29, 1.82) is 0 Å². The number of aliphatic carboxylic acids is 1. The van der Waals surface area contributed by atoms with E-state index in [4.69, 9.17) is 5.73 Å². The van der Waals surface area contributed by atoms with Gasteiger partial charge in [-0.2, -0.15) is 4.80 Å². The van der Waals surface area contributed by atoms with Gasteiger partial charge in [0.1, 0.15) is 0 Å². The van der Waals surface area contributed by atoms with Gasteiger partial charge in [-0.05, 0) is 11.1 Å². The second kappa shape index (κ2) is 4.56. The highest BCUT2D eigenvalue weighted by molar-refractivity contribution is 5.75.